The normalized spacial score (nSPS) is 11.2. The minimum absolute atomic E-state index is 0.153. The number of amides is 1. The van der Waals surface area contributed by atoms with Crippen LogP contribution >= 0.6 is 0 Å². The Kier molecular flexibility index (Phi) is 7.89. The van der Waals surface area contributed by atoms with Gasteiger partial charge in [-0.2, -0.15) is 0 Å². The maximum atomic E-state index is 12.3. The summed E-state index contributed by atoms with van der Waals surface area (Å²) < 4.78 is 11.0. The molecule has 23 heavy (non-hydrogen) atoms. The predicted molar refractivity (Wildman–Crippen MR) is 93.2 cm³/mol. The van der Waals surface area contributed by atoms with Gasteiger partial charge in [-0.3, -0.25) is 4.79 Å². The third-order valence-electron chi connectivity index (χ3n) is 4.19. The molecule has 0 saturated carbocycles. The van der Waals surface area contributed by atoms with Crippen LogP contribution in [0.2, 0.25) is 0 Å². The lowest BCUT2D eigenvalue weighted by Crippen LogP contribution is -2.49. The van der Waals surface area contributed by atoms with Crippen LogP contribution in [-0.4, -0.2) is 31.7 Å². The first-order valence-electron chi connectivity index (χ1n) is 8.37. The van der Waals surface area contributed by atoms with Crippen LogP contribution in [0, 0.1) is 0 Å². The van der Waals surface area contributed by atoms with Gasteiger partial charge in [-0.25, -0.2) is 0 Å². The minimum Gasteiger partial charge on any atom is -0.493 e. The molecule has 130 valence electrons. The van der Waals surface area contributed by atoms with E-state index in [2.05, 4.69) is 12.2 Å². The third-order valence-corrected chi connectivity index (χ3v) is 4.19. The fourth-order valence-corrected chi connectivity index (χ4v) is 2.11. The molecule has 0 bridgehead atoms. The SMILES string of the molecule is CCCCOc1ccc(C(=O)NCC(N)(CC)CC)cc1OC. The van der Waals surface area contributed by atoms with Gasteiger partial charge in [0, 0.05) is 17.6 Å². The molecule has 0 aliphatic rings. The summed E-state index contributed by atoms with van der Waals surface area (Å²) >= 11 is 0. The van der Waals surface area contributed by atoms with Gasteiger partial charge in [0.15, 0.2) is 11.5 Å². The molecule has 5 heteroatoms. The van der Waals surface area contributed by atoms with Crippen molar-refractivity contribution in [3.8, 4) is 11.5 Å². The van der Waals surface area contributed by atoms with Crippen molar-refractivity contribution in [2.24, 2.45) is 5.73 Å². The second-order valence-electron chi connectivity index (χ2n) is 5.82. The van der Waals surface area contributed by atoms with Crippen molar-refractivity contribution in [1.82, 2.24) is 5.32 Å². The van der Waals surface area contributed by atoms with Gasteiger partial charge in [0.05, 0.1) is 13.7 Å². The molecule has 0 unspecified atom stereocenters. The van der Waals surface area contributed by atoms with E-state index in [4.69, 9.17) is 15.2 Å². The summed E-state index contributed by atoms with van der Waals surface area (Å²) in [6, 6.07) is 5.22. The fourth-order valence-electron chi connectivity index (χ4n) is 2.11. The van der Waals surface area contributed by atoms with Crippen LogP contribution in [-0.2, 0) is 0 Å². The number of methoxy groups -OCH3 is 1. The van der Waals surface area contributed by atoms with Gasteiger partial charge in [0.2, 0.25) is 0 Å². The number of ether oxygens (including phenoxy) is 2. The zero-order valence-corrected chi connectivity index (χ0v) is 14.8. The lowest BCUT2D eigenvalue weighted by molar-refractivity contribution is 0.0941. The summed E-state index contributed by atoms with van der Waals surface area (Å²) in [6.45, 7) is 7.26. The molecule has 0 fully saturated rings. The van der Waals surface area contributed by atoms with Crippen LogP contribution in [0.3, 0.4) is 0 Å². The predicted octanol–water partition coefficient (Wildman–Crippen LogP) is 3.12. The first-order chi connectivity index (χ1) is 11.0. The molecule has 1 amide bonds. The van der Waals surface area contributed by atoms with Crippen molar-refractivity contribution in [3.63, 3.8) is 0 Å². The van der Waals surface area contributed by atoms with E-state index < -0.39 is 0 Å². The molecule has 0 radical (unpaired) electrons. The quantitative estimate of drug-likeness (QED) is 0.649. The van der Waals surface area contributed by atoms with E-state index in [0.717, 1.165) is 25.7 Å². The van der Waals surface area contributed by atoms with Crippen molar-refractivity contribution in [1.29, 1.82) is 0 Å². The number of nitrogens with one attached hydrogen (secondary N) is 1. The van der Waals surface area contributed by atoms with Gasteiger partial charge in [-0.15, -0.1) is 0 Å². The highest BCUT2D eigenvalue weighted by Crippen LogP contribution is 2.28. The van der Waals surface area contributed by atoms with Crippen LogP contribution in [0.15, 0.2) is 18.2 Å². The number of hydrogen-bond acceptors (Lipinski definition) is 4. The van der Waals surface area contributed by atoms with Crippen LogP contribution in [0.1, 0.15) is 56.8 Å². The van der Waals surface area contributed by atoms with Gasteiger partial charge in [0.1, 0.15) is 0 Å². The molecule has 1 rings (SSSR count). The largest absolute Gasteiger partial charge is 0.493 e. The molecule has 0 heterocycles. The Balaban J connectivity index is 2.74. The van der Waals surface area contributed by atoms with E-state index in [-0.39, 0.29) is 11.4 Å². The Bertz CT molecular complexity index is 499. The van der Waals surface area contributed by atoms with E-state index in [1.54, 1.807) is 25.3 Å². The number of nitrogens with two attached hydrogens (primary N) is 1. The summed E-state index contributed by atoms with van der Waals surface area (Å²) in [5.41, 5.74) is 6.39. The molecule has 3 N–H and O–H groups in total. The maximum Gasteiger partial charge on any atom is 0.251 e. The van der Waals surface area contributed by atoms with Crippen molar-refractivity contribution >= 4 is 5.91 Å². The minimum atomic E-state index is -0.358. The van der Waals surface area contributed by atoms with Crippen molar-refractivity contribution in [2.45, 2.75) is 52.0 Å². The summed E-state index contributed by atoms with van der Waals surface area (Å²) in [5.74, 6) is 1.08. The zero-order valence-electron chi connectivity index (χ0n) is 14.8. The van der Waals surface area contributed by atoms with Crippen LogP contribution < -0.4 is 20.5 Å². The summed E-state index contributed by atoms with van der Waals surface area (Å²) in [6.07, 6.45) is 3.69. The van der Waals surface area contributed by atoms with E-state index in [1.807, 2.05) is 13.8 Å². The topological polar surface area (TPSA) is 73.6 Å². The summed E-state index contributed by atoms with van der Waals surface area (Å²) in [5, 5.41) is 2.90. The van der Waals surface area contributed by atoms with Crippen LogP contribution in [0.25, 0.3) is 0 Å². The Morgan fingerprint density at radius 1 is 1.22 bits per heavy atom. The maximum absolute atomic E-state index is 12.3. The molecular formula is C18H30N2O3. The molecule has 0 aliphatic heterocycles. The lowest BCUT2D eigenvalue weighted by atomic mass is 9.94. The number of rotatable bonds is 10. The van der Waals surface area contributed by atoms with Gasteiger partial charge >= 0.3 is 0 Å². The highest BCUT2D eigenvalue weighted by molar-refractivity contribution is 5.94. The average molecular weight is 322 g/mol. The summed E-state index contributed by atoms with van der Waals surface area (Å²) in [4.78, 5) is 12.3. The highest BCUT2D eigenvalue weighted by Gasteiger charge is 2.21. The average Bonchev–Trinajstić information content (AvgIpc) is 2.59. The molecular weight excluding hydrogens is 292 g/mol. The Morgan fingerprint density at radius 3 is 2.48 bits per heavy atom. The Hall–Kier alpha value is -1.75. The fraction of sp³-hybridized carbons (Fsp3) is 0.611. The van der Waals surface area contributed by atoms with E-state index in [1.165, 1.54) is 0 Å². The second-order valence-corrected chi connectivity index (χ2v) is 5.82. The molecule has 0 saturated heterocycles. The number of carbonyl (C=O) groups is 1. The molecule has 0 spiro atoms. The van der Waals surface area contributed by atoms with Crippen LogP contribution in [0.4, 0.5) is 0 Å². The van der Waals surface area contributed by atoms with Gasteiger partial charge in [-0.1, -0.05) is 27.2 Å². The van der Waals surface area contributed by atoms with Gasteiger partial charge in [-0.05, 0) is 37.5 Å². The van der Waals surface area contributed by atoms with Crippen molar-refractivity contribution in [2.75, 3.05) is 20.3 Å². The standard InChI is InChI=1S/C18H30N2O3/c1-5-8-11-23-15-10-9-14(12-16(15)22-4)17(21)20-13-18(19,6-2)7-3/h9-10,12H,5-8,11,13,19H2,1-4H3,(H,20,21). The lowest BCUT2D eigenvalue weighted by Gasteiger charge is -2.26. The number of benzene rings is 1. The van der Waals surface area contributed by atoms with Crippen LogP contribution in [0.5, 0.6) is 11.5 Å². The van der Waals surface area contributed by atoms with E-state index in [9.17, 15) is 4.79 Å². The smallest absolute Gasteiger partial charge is 0.251 e. The highest BCUT2D eigenvalue weighted by atomic mass is 16.5. The first-order valence-corrected chi connectivity index (χ1v) is 8.37. The zero-order chi connectivity index (χ0) is 17.3. The molecule has 1 aromatic rings. The molecule has 0 aromatic heterocycles. The molecule has 1 aromatic carbocycles. The molecule has 0 aliphatic carbocycles. The number of carbonyl (C=O) groups excluding carboxylic acids is 1. The number of unbranched alkanes of at least 4 members (excludes halogenated alkanes) is 1. The molecule has 5 nitrogen and oxygen atoms in total. The Morgan fingerprint density at radius 2 is 1.91 bits per heavy atom. The van der Waals surface area contributed by atoms with Gasteiger partial charge < -0.3 is 20.5 Å². The third kappa shape index (κ3) is 5.75. The first kappa shape index (κ1) is 19.3. The Labute approximate surface area is 139 Å². The monoisotopic (exact) mass is 322 g/mol. The van der Waals surface area contributed by atoms with Crippen molar-refractivity contribution in [3.05, 3.63) is 23.8 Å². The van der Waals surface area contributed by atoms with Gasteiger partial charge in [0.25, 0.3) is 5.91 Å². The molecule has 0 atom stereocenters. The number of hydrogen-bond donors (Lipinski definition) is 2. The van der Waals surface area contributed by atoms with E-state index in [0.29, 0.717) is 30.2 Å². The van der Waals surface area contributed by atoms with Crippen molar-refractivity contribution < 1.29 is 14.3 Å². The second kappa shape index (κ2) is 9.40. The van der Waals surface area contributed by atoms with E-state index >= 15 is 0 Å². The summed E-state index contributed by atoms with van der Waals surface area (Å²) in [7, 11) is 1.57.